The zero-order valence-corrected chi connectivity index (χ0v) is 20.3. The van der Waals surface area contributed by atoms with Gasteiger partial charge in [-0.1, -0.05) is 42.5 Å². The normalized spacial score (nSPS) is 12.6. The Labute approximate surface area is 200 Å². The van der Waals surface area contributed by atoms with Crippen molar-refractivity contribution in [2.24, 2.45) is 7.05 Å². The van der Waals surface area contributed by atoms with E-state index in [1.807, 2.05) is 13.8 Å². The Morgan fingerprint density at radius 1 is 0.912 bits per heavy atom. The van der Waals surface area contributed by atoms with Gasteiger partial charge in [-0.25, -0.2) is 11.1 Å². The van der Waals surface area contributed by atoms with Gasteiger partial charge in [0.05, 0.1) is 17.4 Å². The first-order valence-electron chi connectivity index (χ1n) is 11.8. The third-order valence-electron chi connectivity index (χ3n) is 7.33. The number of benzene rings is 4. The largest absolute Gasteiger partial charge is 0.455 e. The van der Waals surface area contributed by atoms with Gasteiger partial charge < -0.3 is 9.58 Å². The monoisotopic (exact) mass is 443 g/mol. The molecule has 0 saturated carbocycles. The summed E-state index contributed by atoms with van der Waals surface area (Å²) >= 11 is 0. The van der Waals surface area contributed by atoms with E-state index < -0.39 is 5.54 Å². The molecule has 0 unspecified atom stereocenters. The third-order valence-corrected chi connectivity index (χ3v) is 7.33. The molecular weight excluding hydrogens is 416 g/mol. The highest BCUT2D eigenvalue weighted by Crippen LogP contribution is 2.51. The maximum atomic E-state index is 7.51. The van der Waals surface area contributed by atoms with Gasteiger partial charge in [0.15, 0.2) is 6.20 Å². The van der Waals surface area contributed by atoms with E-state index in [2.05, 4.69) is 91.1 Å². The van der Waals surface area contributed by atoms with E-state index in [-0.39, 0.29) is 0 Å². The van der Waals surface area contributed by atoms with Crippen LogP contribution in [-0.2, 0) is 13.5 Å². The molecule has 1 aromatic heterocycles. The van der Waals surface area contributed by atoms with Crippen molar-refractivity contribution in [1.29, 1.82) is 0 Å². The van der Waals surface area contributed by atoms with Gasteiger partial charge in [0.25, 0.3) is 0 Å². The Balaban J connectivity index is 1.69. The molecule has 3 nitrogen and oxygen atoms in total. The summed E-state index contributed by atoms with van der Waals surface area (Å²) in [5.74, 6) is 1.86. The number of fused-ring (bicyclic) bond motifs is 5. The third kappa shape index (κ3) is 2.85. The number of pyridine rings is 1. The summed E-state index contributed by atoms with van der Waals surface area (Å²) in [4.78, 5) is 3.80. The van der Waals surface area contributed by atoms with Gasteiger partial charge >= 0.3 is 0 Å². The number of ether oxygens (including phenoxy) is 1. The lowest BCUT2D eigenvalue weighted by molar-refractivity contribution is -0.659. The number of rotatable bonds is 2. The van der Waals surface area contributed by atoms with Crippen LogP contribution in [0, 0.1) is 20.4 Å². The van der Waals surface area contributed by atoms with Gasteiger partial charge in [-0.2, -0.15) is 0 Å². The van der Waals surface area contributed by atoms with E-state index in [4.69, 9.17) is 11.3 Å². The van der Waals surface area contributed by atoms with Gasteiger partial charge in [0.2, 0.25) is 11.2 Å². The Bertz CT molecular complexity index is 1720. The minimum absolute atomic E-state index is 0.412. The quantitative estimate of drug-likeness (QED) is 0.153. The summed E-state index contributed by atoms with van der Waals surface area (Å²) in [7, 11) is 2.12. The van der Waals surface area contributed by atoms with Crippen molar-refractivity contribution in [1.82, 2.24) is 0 Å². The fourth-order valence-electron chi connectivity index (χ4n) is 5.62. The standard InChI is InChI=1S/C31H27N2O/c1-18-22-9-7-8-10-23(22)19(2)30-27(18)29-28-25(13-14-33(29)6)24-12-11-20(17-31(3,4)32-5)15-21(24)16-26(28)34-30/h7-16H,17H2,1-4,6H3/q+1. The second-order valence-electron chi connectivity index (χ2n) is 10.2. The van der Waals surface area contributed by atoms with Gasteiger partial charge in [-0.3, -0.25) is 0 Å². The number of hydrogen-bond donors (Lipinski definition) is 0. The Morgan fingerprint density at radius 3 is 2.38 bits per heavy atom. The van der Waals surface area contributed by atoms with Gasteiger partial charge in [0, 0.05) is 30.9 Å². The minimum Gasteiger partial charge on any atom is -0.455 e. The van der Waals surface area contributed by atoms with Crippen LogP contribution >= 0.6 is 0 Å². The second kappa shape index (κ2) is 7.05. The zero-order chi connectivity index (χ0) is 23.8. The van der Waals surface area contributed by atoms with E-state index in [1.165, 1.54) is 49.5 Å². The molecule has 6 rings (SSSR count). The molecule has 166 valence electrons. The lowest BCUT2D eigenvalue weighted by Crippen LogP contribution is -2.32. The lowest BCUT2D eigenvalue weighted by Gasteiger charge is -2.24. The molecule has 0 radical (unpaired) electrons. The second-order valence-corrected chi connectivity index (χ2v) is 10.2. The van der Waals surface area contributed by atoms with Crippen molar-refractivity contribution in [2.75, 3.05) is 0 Å². The van der Waals surface area contributed by atoms with Crippen molar-refractivity contribution in [3.05, 3.63) is 88.9 Å². The van der Waals surface area contributed by atoms with E-state index in [9.17, 15) is 0 Å². The fourth-order valence-corrected chi connectivity index (χ4v) is 5.62. The number of aromatic nitrogens is 1. The van der Waals surface area contributed by atoms with Gasteiger partial charge in [0.1, 0.15) is 18.5 Å². The number of nitrogens with zero attached hydrogens (tertiary/aromatic N) is 2. The smallest absolute Gasteiger partial charge is 0.231 e. The summed E-state index contributed by atoms with van der Waals surface area (Å²) in [5.41, 5.74) is 5.58. The van der Waals surface area contributed by atoms with Crippen molar-refractivity contribution >= 4 is 32.3 Å². The highest BCUT2D eigenvalue weighted by Gasteiger charge is 2.32. The molecule has 5 aromatic rings. The summed E-state index contributed by atoms with van der Waals surface area (Å²) in [5, 5.41) is 7.24. The van der Waals surface area contributed by atoms with Gasteiger partial charge in [-0.15, -0.1) is 0 Å². The molecule has 34 heavy (non-hydrogen) atoms. The predicted octanol–water partition coefficient (Wildman–Crippen LogP) is 7.60. The van der Waals surface area contributed by atoms with E-state index >= 15 is 0 Å². The maximum absolute atomic E-state index is 7.51. The first-order chi connectivity index (χ1) is 16.3. The SMILES string of the molecule is [C-]#[N+]C(C)(C)Cc1ccc2c(c1)cc1c3c([n+](C)ccc32)-c2c(c(C)c3ccccc3c2C)O1. The van der Waals surface area contributed by atoms with Crippen LogP contribution < -0.4 is 9.30 Å². The number of aryl methyl sites for hydroxylation is 3. The van der Waals surface area contributed by atoms with Crippen LogP contribution in [0.5, 0.6) is 11.5 Å². The molecule has 0 N–H and O–H groups in total. The maximum Gasteiger partial charge on any atom is 0.231 e. The Hall–Kier alpha value is -3.90. The van der Waals surface area contributed by atoms with E-state index in [0.29, 0.717) is 0 Å². The molecule has 0 bridgehead atoms. The lowest BCUT2D eigenvalue weighted by atomic mass is 9.87. The zero-order valence-electron chi connectivity index (χ0n) is 20.3. The van der Waals surface area contributed by atoms with Crippen LogP contribution in [0.15, 0.2) is 60.8 Å². The Morgan fingerprint density at radius 2 is 1.65 bits per heavy atom. The van der Waals surface area contributed by atoms with E-state index in [0.717, 1.165) is 28.7 Å². The molecule has 2 heterocycles. The van der Waals surface area contributed by atoms with Crippen LogP contribution in [0.2, 0.25) is 0 Å². The average molecular weight is 444 g/mol. The molecule has 0 atom stereocenters. The van der Waals surface area contributed by atoms with Crippen LogP contribution in [0.25, 0.3) is 48.4 Å². The molecular formula is C31H27N2O+. The van der Waals surface area contributed by atoms with Crippen LogP contribution in [-0.4, -0.2) is 5.54 Å². The average Bonchev–Trinajstić information content (AvgIpc) is 2.83. The molecule has 0 aliphatic carbocycles. The summed E-state index contributed by atoms with van der Waals surface area (Å²) in [6.45, 7) is 15.9. The molecule has 3 heteroatoms. The minimum atomic E-state index is -0.412. The van der Waals surface area contributed by atoms with Crippen molar-refractivity contribution in [3.63, 3.8) is 0 Å². The summed E-state index contributed by atoms with van der Waals surface area (Å²) < 4.78 is 8.96. The van der Waals surface area contributed by atoms with Crippen LogP contribution in [0.1, 0.15) is 30.5 Å². The molecule has 4 aromatic carbocycles. The molecule has 0 fully saturated rings. The molecule has 1 aliphatic rings. The summed E-state index contributed by atoms with van der Waals surface area (Å²) in [6, 6.07) is 19.6. The van der Waals surface area contributed by atoms with Crippen molar-refractivity contribution in [2.45, 2.75) is 39.7 Å². The highest BCUT2D eigenvalue weighted by molar-refractivity contribution is 6.16. The summed E-state index contributed by atoms with van der Waals surface area (Å²) in [6.07, 6.45) is 2.89. The Kier molecular flexibility index (Phi) is 4.29. The highest BCUT2D eigenvalue weighted by atomic mass is 16.5. The van der Waals surface area contributed by atoms with Crippen molar-refractivity contribution < 1.29 is 9.30 Å². The van der Waals surface area contributed by atoms with Crippen molar-refractivity contribution in [3.8, 4) is 22.8 Å². The molecule has 0 amide bonds. The van der Waals surface area contributed by atoms with Crippen LogP contribution in [0.3, 0.4) is 0 Å². The van der Waals surface area contributed by atoms with E-state index in [1.54, 1.807) is 0 Å². The van der Waals surface area contributed by atoms with Crippen LogP contribution in [0.4, 0.5) is 0 Å². The molecule has 1 aliphatic heterocycles. The number of hydrogen-bond acceptors (Lipinski definition) is 1. The van der Waals surface area contributed by atoms with Gasteiger partial charge in [-0.05, 0) is 52.6 Å². The first kappa shape index (κ1) is 20.7. The predicted molar refractivity (Wildman–Crippen MR) is 140 cm³/mol. The molecule has 0 saturated heterocycles. The fraction of sp³-hybridized carbons (Fsp3) is 0.226. The molecule has 0 spiro atoms. The first-order valence-corrected chi connectivity index (χ1v) is 11.8. The topological polar surface area (TPSA) is 17.5 Å².